The SMILES string of the molecule is Cn1ccnc1CCC(NN)C1CCC(F)(F)CC1. The van der Waals surface area contributed by atoms with Gasteiger partial charge >= 0.3 is 0 Å². The minimum atomic E-state index is -2.48. The van der Waals surface area contributed by atoms with Gasteiger partial charge in [0, 0.05) is 44.7 Å². The van der Waals surface area contributed by atoms with Gasteiger partial charge in [-0.1, -0.05) is 0 Å². The smallest absolute Gasteiger partial charge is 0.248 e. The average Bonchev–Trinajstić information content (AvgIpc) is 2.77. The van der Waals surface area contributed by atoms with Crippen molar-refractivity contribution in [2.75, 3.05) is 0 Å². The number of alkyl halides is 2. The number of imidazole rings is 1. The molecule has 1 atom stereocenters. The zero-order valence-corrected chi connectivity index (χ0v) is 11.3. The molecule has 0 aliphatic heterocycles. The number of hydrazine groups is 1. The Kier molecular flexibility index (Phi) is 4.52. The van der Waals surface area contributed by atoms with E-state index in [0.29, 0.717) is 12.8 Å². The third-order valence-corrected chi connectivity index (χ3v) is 4.14. The molecule has 1 fully saturated rings. The Balaban J connectivity index is 1.85. The molecule has 0 bridgehead atoms. The summed E-state index contributed by atoms with van der Waals surface area (Å²) in [6.45, 7) is 0. The normalized spacial score (nSPS) is 21.5. The fourth-order valence-corrected chi connectivity index (χ4v) is 2.84. The van der Waals surface area contributed by atoms with Crippen LogP contribution in [0.25, 0.3) is 0 Å². The van der Waals surface area contributed by atoms with Gasteiger partial charge < -0.3 is 4.57 Å². The summed E-state index contributed by atoms with van der Waals surface area (Å²) in [5.74, 6) is 4.35. The summed E-state index contributed by atoms with van der Waals surface area (Å²) in [5, 5.41) is 0. The second kappa shape index (κ2) is 5.96. The molecule has 1 saturated carbocycles. The van der Waals surface area contributed by atoms with Gasteiger partial charge in [-0.15, -0.1) is 0 Å². The molecule has 0 saturated heterocycles. The first kappa shape index (κ1) is 14.4. The Morgan fingerprint density at radius 3 is 2.74 bits per heavy atom. The van der Waals surface area contributed by atoms with Crippen molar-refractivity contribution in [2.24, 2.45) is 18.8 Å². The lowest BCUT2D eigenvalue weighted by molar-refractivity contribution is -0.0498. The van der Waals surface area contributed by atoms with Gasteiger partial charge in [0.1, 0.15) is 5.82 Å². The maximum atomic E-state index is 13.1. The van der Waals surface area contributed by atoms with Crippen LogP contribution in [0.3, 0.4) is 0 Å². The monoisotopic (exact) mass is 272 g/mol. The van der Waals surface area contributed by atoms with Crippen molar-refractivity contribution in [1.82, 2.24) is 15.0 Å². The zero-order chi connectivity index (χ0) is 13.9. The molecule has 3 N–H and O–H groups in total. The molecule has 108 valence electrons. The van der Waals surface area contributed by atoms with Gasteiger partial charge in [-0.3, -0.25) is 11.3 Å². The number of rotatable bonds is 5. The van der Waals surface area contributed by atoms with E-state index in [0.717, 1.165) is 18.7 Å². The Labute approximate surface area is 112 Å². The maximum Gasteiger partial charge on any atom is 0.248 e. The number of hydrogen-bond acceptors (Lipinski definition) is 3. The summed E-state index contributed by atoms with van der Waals surface area (Å²) in [5.41, 5.74) is 2.80. The van der Waals surface area contributed by atoms with E-state index in [2.05, 4.69) is 10.4 Å². The van der Waals surface area contributed by atoms with Crippen molar-refractivity contribution in [2.45, 2.75) is 50.5 Å². The average molecular weight is 272 g/mol. The number of nitrogens with two attached hydrogens (primary N) is 1. The van der Waals surface area contributed by atoms with Crippen LogP contribution in [0.5, 0.6) is 0 Å². The number of nitrogens with one attached hydrogen (secondary N) is 1. The van der Waals surface area contributed by atoms with Gasteiger partial charge in [-0.2, -0.15) is 0 Å². The fourth-order valence-electron chi connectivity index (χ4n) is 2.84. The second-order valence-corrected chi connectivity index (χ2v) is 5.46. The summed E-state index contributed by atoms with van der Waals surface area (Å²) < 4.78 is 28.3. The van der Waals surface area contributed by atoms with Crippen LogP contribution in [-0.2, 0) is 13.5 Å². The van der Waals surface area contributed by atoms with Crippen molar-refractivity contribution in [3.8, 4) is 0 Å². The van der Waals surface area contributed by atoms with Crippen LogP contribution < -0.4 is 11.3 Å². The van der Waals surface area contributed by atoms with E-state index in [1.165, 1.54) is 0 Å². The first-order valence-corrected chi connectivity index (χ1v) is 6.82. The quantitative estimate of drug-likeness (QED) is 0.637. The van der Waals surface area contributed by atoms with Gasteiger partial charge in [0.05, 0.1) is 0 Å². The number of aryl methyl sites for hydroxylation is 2. The molecule has 19 heavy (non-hydrogen) atoms. The lowest BCUT2D eigenvalue weighted by atomic mass is 9.81. The number of hydrogen-bond donors (Lipinski definition) is 2. The highest BCUT2D eigenvalue weighted by atomic mass is 19.3. The van der Waals surface area contributed by atoms with E-state index in [1.54, 1.807) is 6.20 Å². The molecule has 0 spiro atoms. The van der Waals surface area contributed by atoms with Crippen molar-refractivity contribution in [3.05, 3.63) is 18.2 Å². The van der Waals surface area contributed by atoms with E-state index in [-0.39, 0.29) is 24.8 Å². The number of aromatic nitrogens is 2. The molecule has 1 aromatic heterocycles. The van der Waals surface area contributed by atoms with Gasteiger partial charge in [0.15, 0.2) is 0 Å². The van der Waals surface area contributed by atoms with Crippen LogP contribution in [-0.4, -0.2) is 21.5 Å². The summed E-state index contributed by atoms with van der Waals surface area (Å²) >= 11 is 0. The van der Waals surface area contributed by atoms with Crippen molar-refractivity contribution < 1.29 is 8.78 Å². The molecule has 0 aromatic carbocycles. The van der Waals surface area contributed by atoms with Crippen LogP contribution in [0.2, 0.25) is 0 Å². The predicted molar refractivity (Wildman–Crippen MR) is 69.5 cm³/mol. The minimum Gasteiger partial charge on any atom is -0.338 e. The lowest BCUT2D eigenvalue weighted by Crippen LogP contribution is -2.43. The van der Waals surface area contributed by atoms with Crippen LogP contribution in [0.4, 0.5) is 8.78 Å². The number of nitrogens with zero attached hydrogens (tertiary/aromatic N) is 2. The fraction of sp³-hybridized carbons (Fsp3) is 0.769. The first-order valence-electron chi connectivity index (χ1n) is 6.82. The summed E-state index contributed by atoms with van der Waals surface area (Å²) in [4.78, 5) is 4.26. The standard InChI is InChI=1S/C13H22F2N4/c1-19-9-8-17-12(19)3-2-11(18-16)10-4-6-13(14,15)7-5-10/h8-11,18H,2-7,16H2,1H3. The van der Waals surface area contributed by atoms with E-state index in [9.17, 15) is 8.78 Å². The highest BCUT2D eigenvalue weighted by Gasteiger charge is 2.37. The summed E-state index contributed by atoms with van der Waals surface area (Å²) in [6.07, 6.45) is 6.37. The van der Waals surface area contributed by atoms with Gasteiger partial charge in [-0.25, -0.2) is 13.8 Å². The molecular weight excluding hydrogens is 250 g/mol. The minimum absolute atomic E-state index is 0.0156. The molecule has 1 heterocycles. The molecule has 2 rings (SSSR count). The molecule has 0 radical (unpaired) electrons. The lowest BCUT2D eigenvalue weighted by Gasteiger charge is -2.33. The second-order valence-electron chi connectivity index (χ2n) is 5.46. The Bertz CT molecular complexity index is 395. The molecule has 1 aliphatic rings. The van der Waals surface area contributed by atoms with Crippen LogP contribution in [0.15, 0.2) is 12.4 Å². The first-order chi connectivity index (χ1) is 9.02. The Hall–Kier alpha value is -1.01. The molecule has 0 amide bonds. The third-order valence-electron chi connectivity index (χ3n) is 4.14. The summed E-state index contributed by atoms with van der Waals surface area (Å²) in [7, 11) is 1.95. The number of halogens is 2. The Morgan fingerprint density at radius 1 is 1.53 bits per heavy atom. The van der Waals surface area contributed by atoms with Crippen LogP contribution >= 0.6 is 0 Å². The van der Waals surface area contributed by atoms with E-state index >= 15 is 0 Å². The van der Waals surface area contributed by atoms with Crippen LogP contribution in [0.1, 0.15) is 37.9 Å². The topological polar surface area (TPSA) is 55.9 Å². The molecule has 6 heteroatoms. The van der Waals surface area contributed by atoms with Crippen molar-refractivity contribution in [1.29, 1.82) is 0 Å². The van der Waals surface area contributed by atoms with E-state index < -0.39 is 5.92 Å². The largest absolute Gasteiger partial charge is 0.338 e. The van der Waals surface area contributed by atoms with E-state index in [1.807, 2.05) is 17.8 Å². The van der Waals surface area contributed by atoms with E-state index in [4.69, 9.17) is 5.84 Å². The highest BCUT2D eigenvalue weighted by molar-refractivity contribution is 4.93. The molecule has 1 aliphatic carbocycles. The molecule has 4 nitrogen and oxygen atoms in total. The zero-order valence-electron chi connectivity index (χ0n) is 11.3. The Morgan fingerprint density at radius 2 is 2.21 bits per heavy atom. The van der Waals surface area contributed by atoms with Gasteiger partial charge in [-0.05, 0) is 25.2 Å². The predicted octanol–water partition coefficient (Wildman–Crippen LogP) is 2.01. The van der Waals surface area contributed by atoms with Crippen molar-refractivity contribution in [3.63, 3.8) is 0 Å². The highest BCUT2D eigenvalue weighted by Crippen LogP contribution is 2.37. The van der Waals surface area contributed by atoms with Crippen LogP contribution in [0, 0.1) is 5.92 Å². The molecule has 1 aromatic rings. The van der Waals surface area contributed by atoms with Gasteiger partial charge in [0.2, 0.25) is 5.92 Å². The third kappa shape index (κ3) is 3.73. The van der Waals surface area contributed by atoms with Crippen molar-refractivity contribution >= 4 is 0 Å². The molecular formula is C13H22F2N4. The summed E-state index contributed by atoms with van der Waals surface area (Å²) in [6, 6.07) is 0.0906. The van der Waals surface area contributed by atoms with Gasteiger partial charge in [0.25, 0.3) is 0 Å². The maximum absolute atomic E-state index is 13.1. The molecule has 1 unspecified atom stereocenters.